The van der Waals surface area contributed by atoms with Gasteiger partial charge in [-0.25, -0.2) is 4.57 Å². The molecule has 10 heteroatoms. The second kappa shape index (κ2) is 7.67. The molecular weight excluding hydrogens is 213 g/mol. The fraction of sp³-hybridized carbons (Fsp3) is 0. The van der Waals surface area contributed by atoms with Crippen LogP contribution in [0.4, 0.5) is 0 Å². The Labute approximate surface area is 66.9 Å². The van der Waals surface area contributed by atoms with Gasteiger partial charge in [0.2, 0.25) is 0 Å². The molecule has 0 atom stereocenters. The molecule has 0 aliphatic carbocycles. The van der Waals surface area contributed by atoms with Crippen LogP contribution in [0.2, 0.25) is 0 Å². The Morgan fingerprint density at radius 1 is 1.20 bits per heavy atom. The first-order valence-electron chi connectivity index (χ1n) is 1.51. The zero-order valence-electron chi connectivity index (χ0n) is 4.37. The van der Waals surface area contributed by atoms with E-state index in [1.54, 1.807) is 0 Å². The van der Waals surface area contributed by atoms with Crippen molar-refractivity contribution in [2.75, 3.05) is 0 Å². The molecule has 0 aromatic carbocycles. The van der Waals surface area contributed by atoms with Crippen molar-refractivity contribution in [1.29, 1.82) is 0 Å². The van der Waals surface area contributed by atoms with E-state index >= 15 is 0 Å². The van der Waals surface area contributed by atoms with Gasteiger partial charge in [0.1, 0.15) is 0 Å². The number of phosphoric acid groups is 1. The minimum atomic E-state index is -4.64. The average molecular weight is 217 g/mol. The quantitative estimate of drug-likeness (QED) is 0.237. The molecule has 10 heavy (non-hydrogen) atoms. The summed E-state index contributed by atoms with van der Waals surface area (Å²) in [7, 11) is -7.31. The third kappa shape index (κ3) is 1550. The number of rotatable bonds is 0. The summed E-state index contributed by atoms with van der Waals surface area (Å²) in [5, 5.41) is 24.0. The Bertz CT molecular complexity index is 84.8. The van der Waals surface area contributed by atoms with E-state index in [4.69, 9.17) is 34.3 Å². The molecule has 0 fully saturated rings. The van der Waals surface area contributed by atoms with Crippen LogP contribution in [0.15, 0.2) is 0 Å². The number of hydrogen-bond donors (Lipinski definition) is 4. The second-order valence-electron chi connectivity index (χ2n) is 0.820. The first kappa shape index (κ1) is 16.9. The van der Waals surface area contributed by atoms with Crippen molar-refractivity contribution in [3.63, 3.8) is 0 Å². The molecule has 0 saturated heterocycles. The van der Waals surface area contributed by atoms with Crippen LogP contribution in [0.25, 0.3) is 0 Å². The molecule has 0 spiro atoms. The maximum atomic E-state index is 8.88. The first-order chi connectivity index (χ1) is 3.73. The molecule has 4 N–H and O–H groups in total. The van der Waals surface area contributed by atoms with E-state index in [0.717, 1.165) is 0 Å². The average Bonchev–Trinajstić information content (AvgIpc) is 1.19. The third-order valence-electron chi connectivity index (χ3n) is 0. The Kier molecular flexibility index (Phi) is 12.9. The summed E-state index contributed by atoms with van der Waals surface area (Å²) < 4.78 is 8.88. The summed E-state index contributed by atoms with van der Waals surface area (Å²) in [6, 6.07) is 0. The van der Waals surface area contributed by atoms with Crippen LogP contribution >= 0.6 is 7.82 Å². The van der Waals surface area contributed by atoms with Gasteiger partial charge in [0.25, 0.3) is 0 Å². The smallest absolute Gasteiger partial charge is 0.871 e. The monoisotopic (exact) mass is 217 g/mol. The van der Waals surface area contributed by atoms with Crippen molar-refractivity contribution in [1.82, 2.24) is 0 Å². The Morgan fingerprint density at radius 2 is 1.20 bits per heavy atom. The zero-order valence-corrected chi connectivity index (χ0v) is 6.31. The van der Waals surface area contributed by atoms with Gasteiger partial charge in [-0.05, 0) is 0 Å². The topological polar surface area (TPSA) is 144 Å². The van der Waals surface area contributed by atoms with Gasteiger partial charge in [0.05, 0.1) is 7.32 Å². The predicted molar refractivity (Wildman–Crippen MR) is 22.2 cm³/mol. The molecule has 0 aromatic rings. The second-order valence-corrected chi connectivity index (χ2v) is 1.85. The van der Waals surface area contributed by atoms with Crippen LogP contribution in [0.1, 0.15) is 0 Å². The van der Waals surface area contributed by atoms with E-state index in [0.29, 0.717) is 0 Å². The van der Waals surface area contributed by atoms with Crippen molar-refractivity contribution >= 4 is 15.1 Å². The summed E-state index contributed by atoms with van der Waals surface area (Å²) >= 11 is 0. The molecule has 0 aromatic heterocycles. The molecule has 7 nitrogen and oxygen atoms in total. The fourth-order valence-electron chi connectivity index (χ4n) is 0. The van der Waals surface area contributed by atoms with Crippen LogP contribution in [0, 0.1) is 0 Å². The molecule has 0 aliphatic heterocycles. The predicted octanol–water partition coefficient (Wildman–Crippen LogP) is -4.25. The van der Waals surface area contributed by atoms with Gasteiger partial charge < -0.3 is 29.8 Å². The maximum absolute atomic E-state index is 8.88. The summed E-state index contributed by atoms with van der Waals surface area (Å²) in [5.41, 5.74) is 0. The van der Waals surface area contributed by atoms with Crippen molar-refractivity contribution in [3.05, 3.63) is 0 Å². The minimum absolute atomic E-state index is 0. The third-order valence-corrected chi connectivity index (χ3v) is 0. The normalized spacial score (nSPS) is 8.60. The van der Waals surface area contributed by atoms with Crippen LogP contribution in [-0.4, -0.2) is 27.0 Å². The van der Waals surface area contributed by atoms with Crippen molar-refractivity contribution < 1.29 is 51.1 Å². The van der Waals surface area contributed by atoms with Crippen LogP contribution in [0.5, 0.6) is 0 Å². The van der Waals surface area contributed by atoms with Gasteiger partial charge in [-0.1, -0.05) is 0 Å². The van der Waals surface area contributed by atoms with Crippen molar-refractivity contribution in [3.8, 4) is 0 Å². The maximum Gasteiger partial charge on any atom is 2.00 e. The summed E-state index contributed by atoms with van der Waals surface area (Å²) in [5.74, 6) is 0. The molecule has 0 bridgehead atoms. The van der Waals surface area contributed by atoms with Crippen molar-refractivity contribution in [2.45, 2.75) is 0 Å². The summed E-state index contributed by atoms with van der Waals surface area (Å²) in [6.45, 7) is 0. The van der Waals surface area contributed by atoms with Gasteiger partial charge in [0, 0.05) is 0 Å². The molecule has 0 heterocycles. The molecule has 0 saturated carbocycles. The Morgan fingerprint density at radius 3 is 1.20 bits per heavy atom. The Balaban J connectivity index is -0.0000000910. The molecular formula is H4BCoO7P. The summed E-state index contributed by atoms with van der Waals surface area (Å²) in [6.07, 6.45) is 0. The first-order valence-corrected chi connectivity index (χ1v) is 3.08. The zero-order chi connectivity index (χ0) is 8.08. The molecule has 0 aliphatic rings. The van der Waals surface area contributed by atoms with Crippen molar-refractivity contribution in [2.24, 2.45) is 0 Å². The largest absolute Gasteiger partial charge is 2.00 e. The van der Waals surface area contributed by atoms with Gasteiger partial charge >= 0.3 is 24.6 Å². The van der Waals surface area contributed by atoms with E-state index in [2.05, 4.69) is 0 Å². The van der Waals surface area contributed by atoms with Crippen LogP contribution in [0.3, 0.4) is 0 Å². The molecule has 1 radical (unpaired) electrons. The fourth-order valence-corrected chi connectivity index (χ4v) is 0. The van der Waals surface area contributed by atoms with Gasteiger partial charge in [-0.3, -0.25) is 0 Å². The number of hydrogen-bond acceptors (Lipinski definition) is 4. The van der Waals surface area contributed by atoms with Gasteiger partial charge in [0.15, 0.2) is 0 Å². The molecule has 63 valence electrons. The van der Waals surface area contributed by atoms with E-state index in [9.17, 15) is 0 Å². The Hall–Kier alpha value is 0.561. The summed E-state index contributed by atoms with van der Waals surface area (Å²) in [4.78, 5) is 21.6. The molecule has 0 amide bonds. The molecule has 0 rings (SSSR count). The van der Waals surface area contributed by atoms with E-state index in [1.807, 2.05) is 0 Å². The minimum Gasteiger partial charge on any atom is -0.871 e. The molecule has 0 unspecified atom stereocenters. The van der Waals surface area contributed by atoms with E-state index in [1.165, 1.54) is 0 Å². The van der Waals surface area contributed by atoms with E-state index in [-0.39, 0.29) is 16.8 Å². The van der Waals surface area contributed by atoms with E-state index < -0.39 is 15.1 Å². The van der Waals surface area contributed by atoms with Gasteiger partial charge in [-0.2, -0.15) is 0 Å². The van der Waals surface area contributed by atoms with Crippen LogP contribution in [-0.2, 0) is 21.3 Å². The van der Waals surface area contributed by atoms with Crippen LogP contribution < -0.4 is 10.0 Å². The standard InChI is InChI=1S/BHO3.Co.H3O4P/c2-1(3)4;;1-5(2,3)4/h2H;;(H3,1,2,3,4)/q-2;+2;. The van der Waals surface area contributed by atoms with Gasteiger partial charge in [-0.15, -0.1) is 0 Å². The SMILES string of the molecule is O=P(O)(O)O.[Co+2].[O-]B([O-])O.